The first-order valence-electron chi connectivity index (χ1n) is 7.33. The minimum atomic E-state index is -0.919. The molecular weight excluding hydrogens is 268 g/mol. The Kier molecular flexibility index (Phi) is 4.83. The summed E-state index contributed by atoms with van der Waals surface area (Å²) in [6.07, 6.45) is 0.371. The van der Waals surface area contributed by atoms with Crippen LogP contribution in [-0.4, -0.2) is 40.6 Å². The van der Waals surface area contributed by atoms with E-state index in [9.17, 15) is 14.7 Å². The van der Waals surface area contributed by atoms with Gasteiger partial charge in [-0.25, -0.2) is 4.79 Å². The van der Waals surface area contributed by atoms with Crippen LogP contribution in [0.1, 0.15) is 25.8 Å². The van der Waals surface area contributed by atoms with E-state index in [1.165, 1.54) is 4.90 Å². The van der Waals surface area contributed by atoms with Gasteiger partial charge in [0.2, 0.25) is 5.91 Å². The highest BCUT2D eigenvalue weighted by Crippen LogP contribution is 2.22. The van der Waals surface area contributed by atoms with Gasteiger partial charge in [-0.2, -0.15) is 0 Å². The molecule has 0 bridgehead atoms. The molecule has 0 aromatic heterocycles. The summed E-state index contributed by atoms with van der Waals surface area (Å²) in [4.78, 5) is 24.7. The SMILES string of the molecule is CC(C)C(=O)NC1CCN(C(=O)O)[C@@H]1Cc1ccccc1. The fourth-order valence-corrected chi connectivity index (χ4v) is 2.72. The molecule has 1 aliphatic rings. The first-order chi connectivity index (χ1) is 9.99. The van der Waals surface area contributed by atoms with Crippen LogP contribution in [0.25, 0.3) is 0 Å². The molecule has 0 aliphatic carbocycles. The number of carbonyl (C=O) groups is 2. The van der Waals surface area contributed by atoms with Gasteiger partial charge in [0.1, 0.15) is 0 Å². The lowest BCUT2D eigenvalue weighted by Crippen LogP contribution is -2.48. The summed E-state index contributed by atoms with van der Waals surface area (Å²) in [5.41, 5.74) is 1.08. The van der Waals surface area contributed by atoms with E-state index in [4.69, 9.17) is 0 Å². The lowest BCUT2D eigenvalue weighted by molar-refractivity contribution is -0.124. The van der Waals surface area contributed by atoms with Crippen LogP contribution in [0, 0.1) is 5.92 Å². The largest absolute Gasteiger partial charge is 0.465 e. The predicted octanol–water partition coefficient (Wildman–Crippen LogP) is 2.12. The van der Waals surface area contributed by atoms with Crippen LogP contribution in [0.2, 0.25) is 0 Å². The molecule has 1 fully saturated rings. The fraction of sp³-hybridized carbons (Fsp3) is 0.500. The Morgan fingerprint density at radius 1 is 1.33 bits per heavy atom. The van der Waals surface area contributed by atoms with Crippen molar-refractivity contribution < 1.29 is 14.7 Å². The number of rotatable bonds is 4. The molecule has 1 aromatic rings. The molecule has 1 unspecified atom stereocenters. The number of carbonyl (C=O) groups excluding carboxylic acids is 1. The smallest absolute Gasteiger partial charge is 0.407 e. The fourth-order valence-electron chi connectivity index (χ4n) is 2.72. The number of nitrogens with one attached hydrogen (secondary N) is 1. The average molecular weight is 290 g/mol. The van der Waals surface area contributed by atoms with E-state index in [0.29, 0.717) is 19.4 Å². The number of nitrogens with zero attached hydrogens (tertiary/aromatic N) is 1. The van der Waals surface area contributed by atoms with Gasteiger partial charge in [-0.3, -0.25) is 4.79 Å². The van der Waals surface area contributed by atoms with Gasteiger partial charge < -0.3 is 15.3 Å². The number of benzene rings is 1. The summed E-state index contributed by atoms with van der Waals surface area (Å²) in [5.74, 6) is -0.119. The van der Waals surface area contributed by atoms with E-state index in [-0.39, 0.29) is 23.9 Å². The Morgan fingerprint density at radius 2 is 2.00 bits per heavy atom. The molecule has 5 heteroatoms. The Bertz CT molecular complexity index is 502. The zero-order valence-electron chi connectivity index (χ0n) is 12.5. The molecule has 1 saturated heterocycles. The Hall–Kier alpha value is -2.04. The molecule has 0 saturated carbocycles. The quantitative estimate of drug-likeness (QED) is 0.892. The van der Waals surface area contributed by atoms with Crippen LogP contribution in [-0.2, 0) is 11.2 Å². The third kappa shape index (κ3) is 3.74. The van der Waals surface area contributed by atoms with E-state index in [1.807, 2.05) is 44.2 Å². The second-order valence-electron chi connectivity index (χ2n) is 5.79. The van der Waals surface area contributed by atoms with Crippen LogP contribution >= 0.6 is 0 Å². The van der Waals surface area contributed by atoms with Crippen molar-refractivity contribution in [2.45, 2.75) is 38.8 Å². The Balaban J connectivity index is 2.12. The third-order valence-electron chi connectivity index (χ3n) is 3.93. The summed E-state index contributed by atoms with van der Waals surface area (Å²) < 4.78 is 0. The molecule has 0 spiro atoms. The molecule has 2 N–H and O–H groups in total. The maximum Gasteiger partial charge on any atom is 0.407 e. The van der Waals surface area contributed by atoms with Gasteiger partial charge in [-0.05, 0) is 18.4 Å². The molecule has 1 aromatic carbocycles. The van der Waals surface area contributed by atoms with Crippen molar-refractivity contribution in [3.05, 3.63) is 35.9 Å². The van der Waals surface area contributed by atoms with Crippen LogP contribution in [0.15, 0.2) is 30.3 Å². The summed E-state index contributed by atoms with van der Waals surface area (Å²) in [6, 6.07) is 9.47. The number of amides is 2. The predicted molar refractivity (Wildman–Crippen MR) is 80.1 cm³/mol. The van der Waals surface area contributed by atoms with Gasteiger partial charge in [0, 0.05) is 12.5 Å². The van der Waals surface area contributed by atoms with Crippen LogP contribution in [0.5, 0.6) is 0 Å². The molecule has 21 heavy (non-hydrogen) atoms. The van der Waals surface area contributed by atoms with E-state index < -0.39 is 6.09 Å². The van der Waals surface area contributed by atoms with Gasteiger partial charge in [0.25, 0.3) is 0 Å². The zero-order chi connectivity index (χ0) is 15.4. The van der Waals surface area contributed by atoms with Crippen molar-refractivity contribution in [1.82, 2.24) is 10.2 Å². The summed E-state index contributed by atoms with van der Waals surface area (Å²) in [6.45, 7) is 4.15. The molecule has 2 atom stereocenters. The monoisotopic (exact) mass is 290 g/mol. The zero-order valence-corrected chi connectivity index (χ0v) is 12.5. The van der Waals surface area contributed by atoms with Crippen molar-refractivity contribution in [1.29, 1.82) is 0 Å². The van der Waals surface area contributed by atoms with E-state index in [1.54, 1.807) is 0 Å². The number of carboxylic acid groups (broad SMARTS) is 1. The van der Waals surface area contributed by atoms with Gasteiger partial charge in [-0.1, -0.05) is 44.2 Å². The lowest BCUT2D eigenvalue weighted by atomic mass is 9.99. The summed E-state index contributed by atoms with van der Waals surface area (Å²) in [7, 11) is 0. The normalized spacial score (nSPS) is 21.6. The molecular formula is C16H22N2O3. The molecule has 2 rings (SSSR count). The molecule has 0 radical (unpaired) electrons. The second kappa shape index (κ2) is 6.61. The van der Waals surface area contributed by atoms with Crippen molar-refractivity contribution >= 4 is 12.0 Å². The van der Waals surface area contributed by atoms with Gasteiger partial charge in [0.15, 0.2) is 0 Å². The first-order valence-corrected chi connectivity index (χ1v) is 7.33. The van der Waals surface area contributed by atoms with Gasteiger partial charge in [0.05, 0.1) is 12.1 Å². The standard InChI is InChI=1S/C16H22N2O3/c1-11(2)15(19)17-13-8-9-18(16(20)21)14(13)10-12-6-4-3-5-7-12/h3-7,11,13-14H,8-10H2,1-2H3,(H,17,19)(H,20,21)/t13?,14-/m1/s1. The highest BCUT2D eigenvalue weighted by molar-refractivity contribution is 5.78. The number of likely N-dealkylation sites (tertiary alicyclic amines) is 1. The minimum absolute atomic E-state index is 0.0229. The molecule has 2 amide bonds. The molecule has 5 nitrogen and oxygen atoms in total. The van der Waals surface area contributed by atoms with Gasteiger partial charge >= 0.3 is 6.09 Å². The molecule has 1 aliphatic heterocycles. The molecule has 1 heterocycles. The van der Waals surface area contributed by atoms with E-state index >= 15 is 0 Å². The van der Waals surface area contributed by atoms with E-state index in [2.05, 4.69) is 5.32 Å². The van der Waals surface area contributed by atoms with E-state index in [0.717, 1.165) is 5.56 Å². The topological polar surface area (TPSA) is 69.6 Å². The van der Waals surface area contributed by atoms with Crippen molar-refractivity contribution in [3.8, 4) is 0 Å². The Morgan fingerprint density at radius 3 is 2.57 bits per heavy atom. The second-order valence-corrected chi connectivity index (χ2v) is 5.79. The van der Waals surface area contributed by atoms with Crippen LogP contribution in [0.4, 0.5) is 4.79 Å². The summed E-state index contributed by atoms with van der Waals surface area (Å²) in [5, 5.41) is 12.3. The highest BCUT2D eigenvalue weighted by atomic mass is 16.4. The van der Waals surface area contributed by atoms with Crippen LogP contribution in [0.3, 0.4) is 0 Å². The van der Waals surface area contributed by atoms with Crippen LogP contribution < -0.4 is 5.32 Å². The highest BCUT2D eigenvalue weighted by Gasteiger charge is 2.38. The summed E-state index contributed by atoms with van der Waals surface area (Å²) >= 11 is 0. The molecule has 114 valence electrons. The van der Waals surface area contributed by atoms with Crippen molar-refractivity contribution in [3.63, 3.8) is 0 Å². The maximum absolute atomic E-state index is 11.9. The Labute approximate surface area is 125 Å². The van der Waals surface area contributed by atoms with Crippen molar-refractivity contribution in [2.75, 3.05) is 6.54 Å². The lowest BCUT2D eigenvalue weighted by Gasteiger charge is -2.27. The maximum atomic E-state index is 11.9. The minimum Gasteiger partial charge on any atom is -0.465 e. The number of hydrogen-bond acceptors (Lipinski definition) is 2. The van der Waals surface area contributed by atoms with Gasteiger partial charge in [-0.15, -0.1) is 0 Å². The first kappa shape index (κ1) is 15.4. The number of hydrogen-bond donors (Lipinski definition) is 2. The van der Waals surface area contributed by atoms with Crippen molar-refractivity contribution in [2.24, 2.45) is 5.92 Å². The third-order valence-corrected chi connectivity index (χ3v) is 3.93. The average Bonchev–Trinajstić information content (AvgIpc) is 2.83.